The second-order valence-corrected chi connectivity index (χ2v) is 5.24. The number of ether oxygens (including phenoxy) is 1. The molecular formula is C16H21NO4. The number of hydrogen-bond donors (Lipinski definition) is 1. The fourth-order valence-electron chi connectivity index (χ4n) is 2.76. The summed E-state index contributed by atoms with van der Waals surface area (Å²) in [6.45, 7) is 4.62. The first-order chi connectivity index (χ1) is 10.0. The number of hydrogen-bond acceptors (Lipinski definition) is 3. The van der Waals surface area contributed by atoms with Crippen LogP contribution in [0.15, 0.2) is 18.2 Å². The van der Waals surface area contributed by atoms with Gasteiger partial charge in [-0.1, -0.05) is 18.2 Å². The number of aryl methyl sites for hydroxylation is 1. The maximum absolute atomic E-state index is 11.4. The van der Waals surface area contributed by atoms with E-state index < -0.39 is 6.09 Å². The molecule has 114 valence electrons. The Labute approximate surface area is 124 Å². The van der Waals surface area contributed by atoms with Gasteiger partial charge in [0.1, 0.15) is 0 Å². The predicted molar refractivity (Wildman–Crippen MR) is 78.2 cm³/mol. The van der Waals surface area contributed by atoms with Gasteiger partial charge in [-0.25, -0.2) is 4.79 Å². The van der Waals surface area contributed by atoms with Gasteiger partial charge in [-0.05, 0) is 43.4 Å². The van der Waals surface area contributed by atoms with Crippen LogP contribution in [0.25, 0.3) is 0 Å². The Balaban J connectivity index is 2.11. The average molecular weight is 291 g/mol. The molecule has 0 saturated heterocycles. The molecule has 1 atom stereocenters. The maximum Gasteiger partial charge on any atom is 0.407 e. The topological polar surface area (TPSA) is 66.8 Å². The summed E-state index contributed by atoms with van der Waals surface area (Å²) in [6, 6.07) is 5.94. The van der Waals surface area contributed by atoms with Crippen LogP contribution in [0.2, 0.25) is 0 Å². The molecular weight excluding hydrogens is 270 g/mol. The number of carbonyl (C=O) groups excluding carboxylic acids is 1. The molecule has 1 aliphatic rings. The highest BCUT2D eigenvalue weighted by Gasteiger charge is 2.27. The lowest BCUT2D eigenvalue weighted by molar-refractivity contribution is -0.143. The zero-order valence-electron chi connectivity index (χ0n) is 12.5. The van der Waals surface area contributed by atoms with Gasteiger partial charge < -0.3 is 14.7 Å². The average Bonchev–Trinajstić information content (AvgIpc) is 2.45. The van der Waals surface area contributed by atoms with Crippen molar-refractivity contribution >= 4 is 12.1 Å². The molecule has 5 nitrogen and oxygen atoms in total. The zero-order chi connectivity index (χ0) is 15.4. The number of benzene rings is 1. The number of fused-ring (bicyclic) bond motifs is 1. The van der Waals surface area contributed by atoms with E-state index in [2.05, 4.69) is 0 Å². The van der Waals surface area contributed by atoms with Crippen LogP contribution < -0.4 is 0 Å². The van der Waals surface area contributed by atoms with Crippen LogP contribution in [0.5, 0.6) is 0 Å². The number of carboxylic acid groups (broad SMARTS) is 1. The summed E-state index contributed by atoms with van der Waals surface area (Å²) in [5.41, 5.74) is 3.28. The highest BCUT2D eigenvalue weighted by atomic mass is 16.5. The van der Waals surface area contributed by atoms with Crippen molar-refractivity contribution in [3.8, 4) is 0 Å². The molecule has 1 N–H and O–H groups in total. The Bertz CT molecular complexity index is 541. The van der Waals surface area contributed by atoms with Crippen LogP contribution in [0.3, 0.4) is 0 Å². The third kappa shape index (κ3) is 3.54. The van der Waals surface area contributed by atoms with Gasteiger partial charge >= 0.3 is 12.1 Å². The molecule has 2 rings (SSSR count). The first-order valence-corrected chi connectivity index (χ1v) is 7.29. The van der Waals surface area contributed by atoms with Crippen molar-refractivity contribution in [2.75, 3.05) is 13.2 Å². The molecule has 0 aromatic heterocycles. The third-order valence-corrected chi connectivity index (χ3v) is 3.92. The summed E-state index contributed by atoms with van der Waals surface area (Å²) in [7, 11) is 0. The highest BCUT2D eigenvalue weighted by molar-refractivity contribution is 5.69. The van der Waals surface area contributed by atoms with Crippen molar-refractivity contribution in [3.05, 3.63) is 34.9 Å². The summed E-state index contributed by atoms with van der Waals surface area (Å²) in [5.74, 6) is -0.199. The predicted octanol–water partition coefficient (Wildman–Crippen LogP) is 2.78. The summed E-state index contributed by atoms with van der Waals surface area (Å²) < 4.78 is 4.92. The molecule has 1 aromatic carbocycles. The number of nitrogens with zero attached hydrogens (tertiary/aromatic N) is 1. The third-order valence-electron chi connectivity index (χ3n) is 3.92. The van der Waals surface area contributed by atoms with E-state index in [-0.39, 0.29) is 12.0 Å². The van der Waals surface area contributed by atoms with Gasteiger partial charge in [0.25, 0.3) is 0 Å². The SMILES string of the molecule is CCOC(=O)CCc1ccc2c(c1)C(C)N(C(=O)O)CC2. The van der Waals surface area contributed by atoms with Gasteiger partial charge in [0.15, 0.2) is 0 Å². The normalized spacial score (nSPS) is 17.2. The molecule has 0 spiro atoms. The fraction of sp³-hybridized carbons (Fsp3) is 0.500. The lowest BCUT2D eigenvalue weighted by Crippen LogP contribution is -2.37. The lowest BCUT2D eigenvalue weighted by Gasteiger charge is -2.33. The molecule has 0 radical (unpaired) electrons. The van der Waals surface area contributed by atoms with Crippen molar-refractivity contribution in [1.29, 1.82) is 0 Å². The van der Waals surface area contributed by atoms with Gasteiger partial charge in [0.2, 0.25) is 0 Å². The molecule has 1 heterocycles. The van der Waals surface area contributed by atoms with E-state index in [0.717, 1.165) is 17.5 Å². The van der Waals surface area contributed by atoms with Crippen molar-refractivity contribution in [3.63, 3.8) is 0 Å². The van der Waals surface area contributed by atoms with E-state index in [9.17, 15) is 14.7 Å². The van der Waals surface area contributed by atoms with Crippen LogP contribution in [0.4, 0.5) is 4.79 Å². The van der Waals surface area contributed by atoms with Crippen molar-refractivity contribution < 1.29 is 19.4 Å². The Morgan fingerprint density at radius 1 is 1.43 bits per heavy atom. The molecule has 0 bridgehead atoms. The quantitative estimate of drug-likeness (QED) is 0.866. The van der Waals surface area contributed by atoms with Gasteiger partial charge in [-0.15, -0.1) is 0 Å². The molecule has 0 aliphatic carbocycles. The summed E-state index contributed by atoms with van der Waals surface area (Å²) >= 11 is 0. The standard InChI is InChI=1S/C16H21NO4/c1-3-21-15(18)7-5-12-4-6-13-8-9-17(16(19)20)11(2)14(13)10-12/h4,6,10-11H,3,5,7-9H2,1-2H3,(H,19,20). The largest absolute Gasteiger partial charge is 0.466 e. The van der Waals surface area contributed by atoms with Gasteiger partial charge in [-0.2, -0.15) is 0 Å². The first kappa shape index (κ1) is 15.4. The Hall–Kier alpha value is -2.04. The number of carbonyl (C=O) groups is 2. The summed E-state index contributed by atoms with van der Waals surface area (Å²) in [4.78, 5) is 24.1. The minimum atomic E-state index is -0.884. The Morgan fingerprint density at radius 2 is 2.19 bits per heavy atom. The highest BCUT2D eigenvalue weighted by Crippen LogP contribution is 2.30. The van der Waals surface area contributed by atoms with Crippen LogP contribution in [0, 0.1) is 0 Å². The van der Waals surface area contributed by atoms with Gasteiger partial charge in [-0.3, -0.25) is 4.79 Å². The van der Waals surface area contributed by atoms with Gasteiger partial charge in [0.05, 0.1) is 12.6 Å². The van der Waals surface area contributed by atoms with E-state index in [4.69, 9.17) is 4.74 Å². The molecule has 1 aromatic rings. The van der Waals surface area contributed by atoms with E-state index in [1.165, 1.54) is 10.5 Å². The second kappa shape index (κ2) is 6.61. The van der Waals surface area contributed by atoms with Crippen molar-refractivity contribution in [2.45, 2.75) is 39.2 Å². The van der Waals surface area contributed by atoms with E-state index in [1.807, 2.05) is 25.1 Å². The first-order valence-electron chi connectivity index (χ1n) is 7.29. The maximum atomic E-state index is 11.4. The Kier molecular flexibility index (Phi) is 4.83. The van der Waals surface area contributed by atoms with Gasteiger partial charge in [0, 0.05) is 13.0 Å². The van der Waals surface area contributed by atoms with E-state index in [1.54, 1.807) is 6.92 Å². The van der Waals surface area contributed by atoms with Crippen molar-refractivity contribution in [1.82, 2.24) is 4.90 Å². The van der Waals surface area contributed by atoms with E-state index in [0.29, 0.717) is 26.0 Å². The molecule has 1 aliphatic heterocycles. The molecule has 0 saturated carbocycles. The van der Waals surface area contributed by atoms with Crippen LogP contribution in [-0.2, 0) is 22.4 Å². The number of amides is 1. The van der Waals surface area contributed by atoms with Crippen LogP contribution >= 0.6 is 0 Å². The minimum absolute atomic E-state index is 0.145. The molecule has 5 heteroatoms. The number of rotatable bonds is 4. The lowest BCUT2D eigenvalue weighted by atomic mass is 9.91. The summed E-state index contributed by atoms with van der Waals surface area (Å²) in [5, 5.41) is 9.20. The monoisotopic (exact) mass is 291 g/mol. The van der Waals surface area contributed by atoms with Crippen LogP contribution in [0.1, 0.15) is 43.0 Å². The molecule has 21 heavy (non-hydrogen) atoms. The fourth-order valence-corrected chi connectivity index (χ4v) is 2.76. The van der Waals surface area contributed by atoms with Crippen LogP contribution in [-0.4, -0.2) is 35.2 Å². The minimum Gasteiger partial charge on any atom is -0.466 e. The molecule has 1 amide bonds. The summed E-state index contributed by atoms with van der Waals surface area (Å²) in [6.07, 6.45) is 0.824. The smallest absolute Gasteiger partial charge is 0.407 e. The molecule has 0 fully saturated rings. The number of esters is 1. The van der Waals surface area contributed by atoms with Crippen molar-refractivity contribution in [2.24, 2.45) is 0 Å². The second-order valence-electron chi connectivity index (χ2n) is 5.24. The molecule has 1 unspecified atom stereocenters. The Morgan fingerprint density at radius 3 is 2.86 bits per heavy atom. The van der Waals surface area contributed by atoms with E-state index >= 15 is 0 Å². The zero-order valence-corrected chi connectivity index (χ0v) is 12.5.